The van der Waals surface area contributed by atoms with Crippen molar-refractivity contribution in [3.05, 3.63) is 29.3 Å². The maximum atomic E-state index is 14.3. The molecule has 21 heavy (non-hydrogen) atoms. The van der Waals surface area contributed by atoms with Gasteiger partial charge >= 0.3 is 0 Å². The largest absolute Gasteiger partial charge is 0.497 e. The second kappa shape index (κ2) is 8.51. The van der Waals surface area contributed by atoms with Crippen molar-refractivity contribution in [3.8, 4) is 5.75 Å². The van der Waals surface area contributed by atoms with E-state index < -0.39 is 11.6 Å². The summed E-state index contributed by atoms with van der Waals surface area (Å²) in [5, 5.41) is 3.26. The molecule has 1 aliphatic heterocycles. The molecular formula is C15H23ClF2N2O. The Bertz CT molecular complexity index is 430. The standard InChI is InChI=1S/C15H22F2N2O.ClH/c1-3-4-14(19-7-5-18-6-8-19)15-12(16)9-11(20-2)10-13(15)17;/h9-10,14,18H,3-8H2,1-2H3;1H/t14-;/m1./s1. The highest BCUT2D eigenvalue weighted by Crippen LogP contribution is 2.32. The smallest absolute Gasteiger partial charge is 0.134 e. The van der Waals surface area contributed by atoms with Crippen molar-refractivity contribution in [2.45, 2.75) is 25.8 Å². The molecule has 1 fully saturated rings. The van der Waals surface area contributed by atoms with Gasteiger partial charge < -0.3 is 10.1 Å². The minimum atomic E-state index is -0.515. The van der Waals surface area contributed by atoms with Gasteiger partial charge in [0, 0.05) is 49.9 Å². The van der Waals surface area contributed by atoms with Gasteiger partial charge in [0.05, 0.1) is 7.11 Å². The zero-order valence-electron chi connectivity index (χ0n) is 12.5. The number of methoxy groups -OCH3 is 1. The van der Waals surface area contributed by atoms with Crippen LogP contribution in [0.5, 0.6) is 5.75 Å². The SMILES string of the molecule is CCC[C@H](c1c(F)cc(OC)cc1F)N1CCNCC1.Cl. The van der Waals surface area contributed by atoms with Crippen molar-refractivity contribution < 1.29 is 13.5 Å². The number of hydrogen-bond donors (Lipinski definition) is 1. The topological polar surface area (TPSA) is 24.5 Å². The Labute approximate surface area is 131 Å². The van der Waals surface area contributed by atoms with Crippen molar-refractivity contribution in [2.24, 2.45) is 0 Å². The molecule has 120 valence electrons. The Hall–Kier alpha value is -0.910. The molecule has 6 heteroatoms. The summed E-state index contributed by atoms with van der Waals surface area (Å²) >= 11 is 0. The second-order valence-corrected chi connectivity index (χ2v) is 5.10. The lowest BCUT2D eigenvalue weighted by Crippen LogP contribution is -2.45. The maximum absolute atomic E-state index is 14.3. The van der Waals surface area contributed by atoms with E-state index in [-0.39, 0.29) is 29.8 Å². The summed E-state index contributed by atoms with van der Waals surface area (Å²) in [6, 6.07) is 2.33. The Balaban J connectivity index is 0.00000220. The summed E-state index contributed by atoms with van der Waals surface area (Å²) in [5.41, 5.74) is 0.176. The Kier molecular flexibility index (Phi) is 7.35. The molecule has 1 saturated heterocycles. The van der Waals surface area contributed by atoms with Crippen molar-refractivity contribution >= 4 is 12.4 Å². The van der Waals surface area contributed by atoms with Gasteiger partial charge in [-0.15, -0.1) is 12.4 Å². The van der Waals surface area contributed by atoms with Crippen LogP contribution in [0.25, 0.3) is 0 Å². The molecule has 3 nitrogen and oxygen atoms in total. The fourth-order valence-corrected chi connectivity index (χ4v) is 2.77. The molecule has 1 atom stereocenters. The highest BCUT2D eigenvalue weighted by atomic mass is 35.5. The molecule has 0 bridgehead atoms. The van der Waals surface area contributed by atoms with Gasteiger partial charge in [0.25, 0.3) is 0 Å². The van der Waals surface area contributed by atoms with E-state index in [1.165, 1.54) is 19.2 Å². The molecule has 0 spiro atoms. The normalized spacial score (nSPS) is 17.1. The highest BCUT2D eigenvalue weighted by molar-refractivity contribution is 5.85. The number of rotatable bonds is 5. The van der Waals surface area contributed by atoms with E-state index in [4.69, 9.17) is 4.74 Å². The first-order valence-electron chi connectivity index (χ1n) is 7.15. The van der Waals surface area contributed by atoms with Gasteiger partial charge in [-0.25, -0.2) is 8.78 Å². The second-order valence-electron chi connectivity index (χ2n) is 5.10. The van der Waals surface area contributed by atoms with E-state index in [1.807, 2.05) is 6.92 Å². The number of nitrogens with zero attached hydrogens (tertiary/aromatic N) is 1. The van der Waals surface area contributed by atoms with Crippen LogP contribution in [0, 0.1) is 11.6 Å². The quantitative estimate of drug-likeness (QED) is 0.902. The minimum Gasteiger partial charge on any atom is -0.497 e. The summed E-state index contributed by atoms with van der Waals surface area (Å²) in [7, 11) is 1.41. The zero-order chi connectivity index (χ0) is 14.5. The lowest BCUT2D eigenvalue weighted by Gasteiger charge is -2.35. The van der Waals surface area contributed by atoms with Crippen molar-refractivity contribution in [3.63, 3.8) is 0 Å². The highest BCUT2D eigenvalue weighted by Gasteiger charge is 2.27. The number of ether oxygens (including phenoxy) is 1. The van der Waals surface area contributed by atoms with Crippen LogP contribution in [0.2, 0.25) is 0 Å². The maximum Gasteiger partial charge on any atom is 0.134 e. The van der Waals surface area contributed by atoms with Gasteiger partial charge in [0.2, 0.25) is 0 Å². The molecule has 0 radical (unpaired) electrons. The molecule has 0 saturated carbocycles. The predicted octanol–water partition coefficient (Wildman–Crippen LogP) is 3.14. The molecular weight excluding hydrogens is 298 g/mol. The number of halogens is 3. The van der Waals surface area contributed by atoms with E-state index in [9.17, 15) is 8.78 Å². The third-order valence-electron chi connectivity index (χ3n) is 3.78. The van der Waals surface area contributed by atoms with Gasteiger partial charge in [-0.2, -0.15) is 0 Å². The first kappa shape index (κ1) is 18.1. The molecule has 1 N–H and O–H groups in total. The molecule has 0 aliphatic carbocycles. The fourth-order valence-electron chi connectivity index (χ4n) is 2.77. The van der Waals surface area contributed by atoms with Crippen LogP contribution in [0.1, 0.15) is 31.4 Å². The van der Waals surface area contributed by atoms with E-state index in [0.29, 0.717) is 0 Å². The van der Waals surface area contributed by atoms with Gasteiger partial charge in [-0.1, -0.05) is 13.3 Å². The molecule has 0 unspecified atom stereocenters. The monoisotopic (exact) mass is 320 g/mol. The van der Waals surface area contributed by atoms with E-state index >= 15 is 0 Å². The van der Waals surface area contributed by atoms with Gasteiger partial charge in [0.15, 0.2) is 0 Å². The Morgan fingerprint density at radius 3 is 2.29 bits per heavy atom. The lowest BCUT2D eigenvalue weighted by atomic mass is 9.98. The first-order chi connectivity index (χ1) is 9.67. The zero-order valence-corrected chi connectivity index (χ0v) is 13.3. The first-order valence-corrected chi connectivity index (χ1v) is 7.15. The van der Waals surface area contributed by atoms with Gasteiger partial charge in [-0.3, -0.25) is 4.90 Å². The molecule has 2 rings (SSSR count). The summed E-state index contributed by atoms with van der Waals surface area (Å²) in [5.74, 6) is -0.808. The molecule has 1 aliphatic rings. The Morgan fingerprint density at radius 1 is 1.24 bits per heavy atom. The van der Waals surface area contributed by atoms with Crippen molar-refractivity contribution in [2.75, 3.05) is 33.3 Å². The summed E-state index contributed by atoms with van der Waals surface area (Å²) in [6.07, 6.45) is 1.64. The summed E-state index contributed by atoms with van der Waals surface area (Å²) in [6.45, 7) is 5.39. The van der Waals surface area contributed by atoms with E-state index in [1.54, 1.807) is 0 Å². The fraction of sp³-hybridized carbons (Fsp3) is 0.600. The van der Waals surface area contributed by atoms with Gasteiger partial charge in [-0.05, 0) is 6.42 Å². The molecule has 1 aromatic rings. The minimum absolute atomic E-state index is 0. The van der Waals surface area contributed by atoms with Crippen LogP contribution >= 0.6 is 12.4 Å². The van der Waals surface area contributed by atoms with Crippen LogP contribution in [0.4, 0.5) is 8.78 Å². The van der Waals surface area contributed by atoms with Crippen molar-refractivity contribution in [1.29, 1.82) is 0 Å². The third-order valence-corrected chi connectivity index (χ3v) is 3.78. The predicted molar refractivity (Wildman–Crippen MR) is 82.2 cm³/mol. The van der Waals surface area contributed by atoms with Crippen LogP contribution in [0.15, 0.2) is 12.1 Å². The number of nitrogens with one attached hydrogen (secondary N) is 1. The number of benzene rings is 1. The summed E-state index contributed by atoms with van der Waals surface area (Å²) in [4.78, 5) is 2.16. The van der Waals surface area contributed by atoms with E-state index in [0.717, 1.165) is 39.0 Å². The van der Waals surface area contributed by atoms with Crippen LogP contribution in [0.3, 0.4) is 0 Å². The molecule has 1 aromatic carbocycles. The number of piperazine rings is 1. The van der Waals surface area contributed by atoms with Crippen LogP contribution in [-0.2, 0) is 0 Å². The average Bonchev–Trinajstić information content (AvgIpc) is 2.46. The van der Waals surface area contributed by atoms with Crippen LogP contribution in [-0.4, -0.2) is 38.2 Å². The van der Waals surface area contributed by atoms with Crippen LogP contribution < -0.4 is 10.1 Å². The Morgan fingerprint density at radius 2 is 1.81 bits per heavy atom. The third kappa shape index (κ3) is 4.28. The van der Waals surface area contributed by atoms with E-state index in [2.05, 4.69) is 10.2 Å². The summed E-state index contributed by atoms with van der Waals surface area (Å²) < 4.78 is 33.4. The number of hydrogen-bond acceptors (Lipinski definition) is 3. The van der Waals surface area contributed by atoms with Crippen molar-refractivity contribution in [1.82, 2.24) is 10.2 Å². The average molecular weight is 321 g/mol. The molecule has 1 heterocycles. The lowest BCUT2D eigenvalue weighted by molar-refractivity contribution is 0.158. The van der Waals surface area contributed by atoms with Gasteiger partial charge in [0.1, 0.15) is 17.4 Å². The molecule has 0 amide bonds. The molecule has 0 aromatic heterocycles.